The molecule has 5 nitrogen and oxygen atoms in total. The summed E-state index contributed by atoms with van der Waals surface area (Å²) in [5.74, 6) is 1.01. The van der Waals surface area contributed by atoms with Crippen molar-refractivity contribution in [3.8, 4) is 11.5 Å². The van der Waals surface area contributed by atoms with Crippen molar-refractivity contribution in [3.05, 3.63) is 28.3 Å². The predicted octanol–water partition coefficient (Wildman–Crippen LogP) is 2.78. The average Bonchev–Trinajstić information content (AvgIpc) is 3.05. The summed E-state index contributed by atoms with van der Waals surface area (Å²) in [7, 11) is 0. The number of hydrogen-bond donors (Lipinski definition) is 2. The van der Waals surface area contributed by atoms with Crippen LogP contribution in [-0.2, 0) is 11.2 Å². The Hall–Kier alpha value is -1.66. The van der Waals surface area contributed by atoms with Crippen molar-refractivity contribution >= 4 is 17.2 Å². The van der Waals surface area contributed by atoms with E-state index < -0.39 is 6.10 Å². The molecule has 2 N–H and O–H groups in total. The summed E-state index contributed by atoms with van der Waals surface area (Å²) in [4.78, 5) is 16.4. The molecule has 0 aliphatic heterocycles. The van der Waals surface area contributed by atoms with E-state index in [1.54, 1.807) is 18.3 Å². The molecule has 2 heterocycles. The molecule has 0 aliphatic rings. The Balaban J connectivity index is 1.95. The Bertz CT molecular complexity index is 626. The Labute approximate surface area is 134 Å². The fraction of sp³-hybridized carbons (Fsp3) is 0.500. The molecule has 2 aromatic rings. The highest BCUT2D eigenvalue weighted by atomic mass is 32.1. The Morgan fingerprint density at radius 1 is 1.50 bits per heavy atom. The van der Waals surface area contributed by atoms with Gasteiger partial charge in [-0.15, -0.1) is 0 Å². The summed E-state index contributed by atoms with van der Waals surface area (Å²) >= 11 is 1.57. The highest BCUT2D eigenvalue weighted by Gasteiger charge is 2.23. The van der Waals surface area contributed by atoms with Crippen LogP contribution in [0.25, 0.3) is 11.5 Å². The van der Waals surface area contributed by atoms with E-state index in [2.05, 4.69) is 10.3 Å². The number of aromatic nitrogens is 1. The lowest BCUT2D eigenvalue weighted by molar-refractivity contribution is -0.121. The fourth-order valence-corrected chi connectivity index (χ4v) is 2.46. The third kappa shape index (κ3) is 4.18. The van der Waals surface area contributed by atoms with Gasteiger partial charge in [0.1, 0.15) is 5.76 Å². The first-order valence-corrected chi connectivity index (χ1v) is 8.15. The lowest BCUT2D eigenvalue weighted by Crippen LogP contribution is -2.39. The van der Waals surface area contributed by atoms with E-state index in [4.69, 9.17) is 4.42 Å². The zero-order valence-corrected chi connectivity index (χ0v) is 14.2. The van der Waals surface area contributed by atoms with E-state index in [-0.39, 0.29) is 24.3 Å². The zero-order valence-electron chi connectivity index (χ0n) is 13.3. The molecule has 0 spiro atoms. The molecule has 0 fully saturated rings. The van der Waals surface area contributed by atoms with Crippen molar-refractivity contribution in [2.24, 2.45) is 5.41 Å². The average molecular weight is 322 g/mol. The molecule has 0 saturated carbocycles. The van der Waals surface area contributed by atoms with Crippen molar-refractivity contribution in [2.75, 3.05) is 6.54 Å². The van der Waals surface area contributed by atoms with Crippen LogP contribution in [0.15, 0.2) is 21.2 Å². The van der Waals surface area contributed by atoms with Gasteiger partial charge in [-0.2, -0.15) is 11.3 Å². The number of aryl methyl sites for hydroxylation is 1. The number of rotatable bonds is 5. The van der Waals surface area contributed by atoms with Gasteiger partial charge in [-0.1, -0.05) is 20.8 Å². The number of thiophene rings is 1. The van der Waals surface area contributed by atoms with Gasteiger partial charge in [0.25, 0.3) is 0 Å². The van der Waals surface area contributed by atoms with Crippen LogP contribution < -0.4 is 5.32 Å². The molecule has 0 aliphatic carbocycles. The molecule has 2 rings (SSSR count). The van der Waals surface area contributed by atoms with Crippen molar-refractivity contribution < 1.29 is 14.3 Å². The largest absolute Gasteiger partial charge is 0.441 e. The molecule has 1 atom stereocenters. The molecule has 0 aromatic carbocycles. The van der Waals surface area contributed by atoms with Gasteiger partial charge >= 0.3 is 0 Å². The van der Waals surface area contributed by atoms with Gasteiger partial charge in [0.05, 0.1) is 18.2 Å². The smallest absolute Gasteiger partial charge is 0.227 e. The molecule has 22 heavy (non-hydrogen) atoms. The molecule has 2 aromatic heterocycles. The Morgan fingerprint density at radius 2 is 2.23 bits per heavy atom. The minimum absolute atomic E-state index is 0.149. The molecule has 0 saturated heterocycles. The van der Waals surface area contributed by atoms with Gasteiger partial charge in [-0.25, -0.2) is 4.98 Å². The van der Waals surface area contributed by atoms with Crippen LogP contribution in [-0.4, -0.2) is 28.6 Å². The number of oxazole rings is 1. The maximum absolute atomic E-state index is 12.0. The van der Waals surface area contributed by atoms with Crippen molar-refractivity contribution in [1.29, 1.82) is 0 Å². The van der Waals surface area contributed by atoms with Crippen LogP contribution in [0.3, 0.4) is 0 Å². The van der Waals surface area contributed by atoms with Gasteiger partial charge in [-0.3, -0.25) is 4.79 Å². The SMILES string of the molecule is Cc1oc(-c2ccsc2)nc1CC(=O)NCC(O)C(C)(C)C. The van der Waals surface area contributed by atoms with E-state index in [0.717, 1.165) is 5.56 Å². The number of aliphatic hydroxyl groups excluding tert-OH is 1. The topological polar surface area (TPSA) is 75.4 Å². The Morgan fingerprint density at radius 3 is 2.82 bits per heavy atom. The van der Waals surface area contributed by atoms with Crippen LogP contribution in [0.1, 0.15) is 32.2 Å². The van der Waals surface area contributed by atoms with E-state index in [9.17, 15) is 9.90 Å². The third-order valence-corrected chi connectivity index (χ3v) is 4.16. The summed E-state index contributed by atoms with van der Waals surface area (Å²) in [5.41, 5.74) is 1.29. The van der Waals surface area contributed by atoms with Crippen molar-refractivity contribution in [3.63, 3.8) is 0 Å². The highest BCUT2D eigenvalue weighted by molar-refractivity contribution is 7.08. The first-order chi connectivity index (χ1) is 10.3. The fourth-order valence-electron chi connectivity index (χ4n) is 1.83. The monoisotopic (exact) mass is 322 g/mol. The number of amides is 1. The quantitative estimate of drug-likeness (QED) is 0.887. The Kier molecular flexibility index (Phi) is 5.03. The second-order valence-electron chi connectivity index (χ2n) is 6.40. The zero-order chi connectivity index (χ0) is 16.3. The van der Waals surface area contributed by atoms with Crippen molar-refractivity contribution in [2.45, 2.75) is 40.2 Å². The summed E-state index contributed by atoms with van der Waals surface area (Å²) in [6, 6.07) is 1.93. The van der Waals surface area contributed by atoms with Gasteiger partial charge in [-0.05, 0) is 23.8 Å². The molecule has 0 bridgehead atoms. The summed E-state index contributed by atoms with van der Waals surface area (Å²) in [6.07, 6.45) is -0.438. The van der Waals surface area contributed by atoms with Crippen LogP contribution in [0.5, 0.6) is 0 Å². The number of nitrogens with zero attached hydrogens (tertiary/aromatic N) is 1. The third-order valence-electron chi connectivity index (χ3n) is 3.48. The van der Waals surface area contributed by atoms with Gasteiger partial charge in [0.2, 0.25) is 11.8 Å². The molecule has 0 radical (unpaired) electrons. The molecule has 1 amide bonds. The van der Waals surface area contributed by atoms with Gasteiger partial charge < -0.3 is 14.8 Å². The van der Waals surface area contributed by atoms with E-state index in [0.29, 0.717) is 17.3 Å². The second-order valence-corrected chi connectivity index (χ2v) is 7.18. The van der Waals surface area contributed by atoms with E-state index in [1.165, 1.54) is 0 Å². The molecular weight excluding hydrogens is 300 g/mol. The second kappa shape index (κ2) is 6.62. The number of carbonyl (C=O) groups is 1. The van der Waals surface area contributed by atoms with Gasteiger partial charge in [0, 0.05) is 17.5 Å². The lowest BCUT2D eigenvalue weighted by Gasteiger charge is -2.25. The van der Waals surface area contributed by atoms with E-state index in [1.807, 2.05) is 37.6 Å². The first-order valence-electron chi connectivity index (χ1n) is 7.21. The number of carbonyl (C=O) groups excluding carboxylic acids is 1. The van der Waals surface area contributed by atoms with Gasteiger partial charge in [0.15, 0.2) is 0 Å². The van der Waals surface area contributed by atoms with E-state index >= 15 is 0 Å². The standard InChI is InChI=1S/C16H22N2O3S/c1-10-12(18-15(21-10)11-5-6-22-9-11)7-14(20)17-8-13(19)16(2,3)4/h5-6,9,13,19H,7-8H2,1-4H3,(H,17,20). The first kappa shape index (κ1) is 16.7. The number of nitrogens with one attached hydrogen (secondary N) is 1. The summed E-state index contributed by atoms with van der Waals surface area (Å²) in [5, 5.41) is 16.6. The lowest BCUT2D eigenvalue weighted by atomic mass is 9.89. The molecular formula is C16H22N2O3S. The van der Waals surface area contributed by atoms with Crippen LogP contribution in [0, 0.1) is 12.3 Å². The number of hydrogen-bond acceptors (Lipinski definition) is 5. The minimum Gasteiger partial charge on any atom is -0.441 e. The maximum atomic E-state index is 12.0. The van der Waals surface area contributed by atoms with Crippen LogP contribution in [0.4, 0.5) is 0 Å². The normalized spacial score (nSPS) is 13.1. The maximum Gasteiger partial charge on any atom is 0.227 e. The highest BCUT2D eigenvalue weighted by Crippen LogP contribution is 2.24. The van der Waals surface area contributed by atoms with Crippen LogP contribution >= 0.6 is 11.3 Å². The molecule has 1 unspecified atom stereocenters. The predicted molar refractivity (Wildman–Crippen MR) is 86.7 cm³/mol. The number of aliphatic hydroxyl groups is 1. The summed E-state index contributed by atoms with van der Waals surface area (Å²) < 4.78 is 5.61. The molecule has 6 heteroatoms. The molecule has 120 valence electrons. The summed E-state index contributed by atoms with van der Waals surface area (Å²) in [6.45, 7) is 7.82. The minimum atomic E-state index is -0.587. The van der Waals surface area contributed by atoms with Crippen molar-refractivity contribution in [1.82, 2.24) is 10.3 Å². The van der Waals surface area contributed by atoms with Crippen LogP contribution in [0.2, 0.25) is 0 Å².